The van der Waals surface area contributed by atoms with Gasteiger partial charge >= 0.3 is 0 Å². The normalized spacial score (nSPS) is 10.7. The van der Waals surface area contributed by atoms with Crippen LogP contribution in [0.2, 0.25) is 0 Å². The quantitative estimate of drug-likeness (QED) is 0.886. The van der Waals surface area contributed by atoms with E-state index in [4.69, 9.17) is 9.15 Å². The summed E-state index contributed by atoms with van der Waals surface area (Å²) in [6.45, 7) is 6.63. The van der Waals surface area contributed by atoms with Crippen molar-refractivity contribution in [2.45, 2.75) is 33.3 Å². The minimum absolute atomic E-state index is 0.169. The summed E-state index contributed by atoms with van der Waals surface area (Å²) in [6, 6.07) is 9.46. The maximum absolute atomic E-state index is 11.7. The molecule has 1 heterocycles. The van der Waals surface area contributed by atoms with Gasteiger partial charge in [-0.15, -0.1) is 0 Å². The molecule has 0 fully saturated rings. The maximum atomic E-state index is 11.7. The Labute approximate surface area is 125 Å². The Hall–Kier alpha value is -2.23. The molecule has 0 spiro atoms. The number of hydrogen-bond acceptors (Lipinski definition) is 3. The average molecular weight is 287 g/mol. The minimum Gasteiger partial charge on any atom is -0.491 e. The second-order valence-electron chi connectivity index (χ2n) is 5.25. The lowest BCUT2D eigenvalue weighted by Gasteiger charge is -2.13. The summed E-state index contributed by atoms with van der Waals surface area (Å²) in [6.07, 6.45) is 2.43. The second-order valence-corrected chi connectivity index (χ2v) is 5.25. The van der Waals surface area contributed by atoms with Gasteiger partial charge in [-0.25, -0.2) is 0 Å². The molecule has 21 heavy (non-hydrogen) atoms. The van der Waals surface area contributed by atoms with Crippen molar-refractivity contribution in [3.63, 3.8) is 0 Å². The Morgan fingerprint density at radius 1 is 1.33 bits per heavy atom. The Morgan fingerprint density at radius 2 is 2.14 bits per heavy atom. The fourth-order valence-electron chi connectivity index (χ4n) is 2.07. The van der Waals surface area contributed by atoms with E-state index in [2.05, 4.69) is 11.4 Å². The third-order valence-corrected chi connectivity index (χ3v) is 3.05. The van der Waals surface area contributed by atoms with E-state index in [1.807, 2.05) is 32.9 Å². The van der Waals surface area contributed by atoms with Crippen molar-refractivity contribution in [1.82, 2.24) is 5.32 Å². The summed E-state index contributed by atoms with van der Waals surface area (Å²) in [5, 5.41) is 2.84. The first kappa shape index (κ1) is 15.2. The summed E-state index contributed by atoms with van der Waals surface area (Å²) in [7, 11) is 0. The first-order valence-electron chi connectivity index (χ1n) is 7.14. The molecule has 0 aliphatic rings. The van der Waals surface area contributed by atoms with Gasteiger partial charge in [-0.3, -0.25) is 4.79 Å². The summed E-state index contributed by atoms with van der Waals surface area (Å²) >= 11 is 0. The number of carbonyl (C=O) groups is 1. The van der Waals surface area contributed by atoms with Crippen molar-refractivity contribution in [3.05, 3.63) is 53.5 Å². The van der Waals surface area contributed by atoms with Crippen LogP contribution >= 0.6 is 0 Å². The van der Waals surface area contributed by atoms with E-state index in [-0.39, 0.29) is 12.0 Å². The molecule has 1 N–H and O–H groups in total. The third-order valence-electron chi connectivity index (χ3n) is 3.05. The predicted molar refractivity (Wildman–Crippen MR) is 81.7 cm³/mol. The number of hydrogen-bond donors (Lipinski definition) is 1. The van der Waals surface area contributed by atoms with Crippen molar-refractivity contribution >= 4 is 5.91 Å². The molecule has 1 amide bonds. The van der Waals surface area contributed by atoms with Crippen LogP contribution in [0.1, 0.15) is 35.5 Å². The molecule has 2 aromatic rings. The van der Waals surface area contributed by atoms with Gasteiger partial charge in [0.05, 0.1) is 12.4 Å². The van der Waals surface area contributed by atoms with E-state index in [1.165, 1.54) is 11.8 Å². The number of carbonyl (C=O) groups excluding carboxylic acids is 1. The van der Waals surface area contributed by atoms with Gasteiger partial charge in [0.1, 0.15) is 5.75 Å². The number of nitrogens with one attached hydrogen (secondary N) is 1. The number of aryl methyl sites for hydroxylation is 1. The van der Waals surface area contributed by atoms with Crippen LogP contribution in [0, 0.1) is 6.92 Å². The molecule has 2 rings (SSSR count). The molecule has 0 saturated carbocycles. The van der Waals surface area contributed by atoms with Crippen LogP contribution in [0.15, 0.2) is 41.0 Å². The molecular formula is C17H21NO3. The van der Waals surface area contributed by atoms with E-state index < -0.39 is 0 Å². The van der Waals surface area contributed by atoms with Gasteiger partial charge in [-0.05, 0) is 56.5 Å². The van der Waals surface area contributed by atoms with E-state index in [1.54, 1.807) is 12.1 Å². The number of benzene rings is 1. The Bertz CT molecular complexity index is 588. The van der Waals surface area contributed by atoms with Crippen molar-refractivity contribution in [1.29, 1.82) is 0 Å². The zero-order valence-electron chi connectivity index (χ0n) is 12.7. The van der Waals surface area contributed by atoms with Crippen LogP contribution in [0.4, 0.5) is 0 Å². The molecule has 0 radical (unpaired) electrons. The van der Waals surface area contributed by atoms with E-state index in [0.29, 0.717) is 12.3 Å². The van der Waals surface area contributed by atoms with Crippen LogP contribution in [-0.4, -0.2) is 18.6 Å². The lowest BCUT2D eigenvalue weighted by Crippen LogP contribution is -2.25. The molecule has 0 unspecified atom stereocenters. The van der Waals surface area contributed by atoms with Crippen molar-refractivity contribution < 1.29 is 13.9 Å². The molecule has 0 saturated heterocycles. The molecular weight excluding hydrogens is 266 g/mol. The first-order chi connectivity index (χ1) is 10.1. The predicted octanol–water partition coefficient (Wildman–Crippen LogP) is 3.35. The minimum atomic E-state index is -0.184. The highest BCUT2D eigenvalue weighted by atomic mass is 16.5. The SMILES string of the molecule is Cc1cc(CCNC(=O)c2ccco2)ccc1OC(C)C. The monoisotopic (exact) mass is 287 g/mol. The molecule has 0 aliphatic heterocycles. The fourth-order valence-corrected chi connectivity index (χ4v) is 2.07. The van der Waals surface area contributed by atoms with E-state index in [9.17, 15) is 4.79 Å². The van der Waals surface area contributed by atoms with Crippen molar-refractivity contribution in [2.75, 3.05) is 6.54 Å². The highest BCUT2D eigenvalue weighted by Crippen LogP contribution is 2.20. The molecule has 112 valence electrons. The lowest BCUT2D eigenvalue weighted by molar-refractivity contribution is 0.0926. The molecule has 1 aromatic heterocycles. The van der Waals surface area contributed by atoms with E-state index >= 15 is 0 Å². The highest BCUT2D eigenvalue weighted by molar-refractivity contribution is 5.91. The Kier molecular flexibility index (Phi) is 5.04. The molecule has 1 aromatic carbocycles. The van der Waals surface area contributed by atoms with Crippen LogP contribution in [0.3, 0.4) is 0 Å². The first-order valence-corrected chi connectivity index (χ1v) is 7.14. The molecule has 0 atom stereocenters. The summed E-state index contributed by atoms with van der Waals surface area (Å²) in [4.78, 5) is 11.7. The van der Waals surface area contributed by atoms with Crippen LogP contribution < -0.4 is 10.1 Å². The largest absolute Gasteiger partial charge is 0.491 e. The van der Waals surface area contributed by atoms with Crippen LogP contribution in [0.25, 0.3) is 0 Å². The van der Waals surface area contributed by atoms with Gasteiger partial charge < -0.3 is 14.5 Å². The van der Waals surface area contributed by atoms with Gasteiger partial charge in [-0.1, -0.05) is 12.1 Å². The summed E-state index contributed by atoms with van der Waals surface area (Å²) in [5.74, 6) is 1.07. The standard InChI is InChI=1S/C17H21NO3/c1-12(2)21-15-7-6-14(11-13(15)3)8-9-18-17(19)16-5-4-10-20-16/h4-7,10-12H,8-9H2,1-3H3,(H,18,19). The topological polar surface area (TPSA) is 51.5 Å². The molecule has 4 heteroatoms. The number of furan rings is 1. The smallest absolute Gasteiger partial charge is 0.286 e. The third kappa shape index (κ3) is 4.38. The summed E-state index contributed by atoms with van der Waals surface area (Å²) in [5.41, 5.74) is 2.28. The Balaban J connectivity index is 1.86. The van der Waals surface area contributed by atoms with Gasteiger partial charge in [0, 0.05) is 6.54 Å². The molecule has 0 aliphatic carbocycles. The van der Waals surface area contributed by atoms with Crippen LogP contribution in [0.5, 0.6) is 5.75 Å². The molecule has 0 bridgehead atoms. The summed E-state index contributed by atoms with van der Waals surface area (Å²) < 4.78 is 10.8. The van der Waals surface area contributed by atoms with Crippen molar-refractivity contribution in [2.24, 2.45) is 0 Å². The average Bonchev–Trinajstić information content (AvgIpc) is 2.95. The lowest BCUT2D eigenvalue weighted by atomic mass is 10.1. The number of amides is 1. The maximum Gasteiger partial charge on any atom is 0.286 e. The van der Waals surface area contributed by atoms with Gasteiger partial charge in [0.2, 0.25) is 0 Å². The zero-order chi connectivity index (χ0) is 15.2. The van der Waals surface area contributed by atoms with Gasteiger partial charge in [0.25, 0.3) is 5.91 Å². The van der Waals surface area contributed by atoms with E-state index in [0.717, 1.165) is 17.7 Å². The number of ether oxygens (including phenoxy) is 1. The molecule has 4 nitrogen and oxygen atoms in total. The number of rotatable bonds is 6. The van der Waals surface area contributed by atoms with Gasteiger partial charge in [-0.2, -0.15) is 0 Å². The zero-order valence-corrected chi connectivity index (χ0v) is 12.7. The highest BCUT2D eigenvalue weighted by Gasteiger charge is 2.08. The van der Waals surface area contributed by atoms with Crippen molar-refractivity contribution in [3.8, 4) is 5.75 Å². The second kappa shape index (κ2) is 6.97. The van der Waals surface area contributed by atoms with Gasteiger partial charge in [0.15, 0.2) is 5.76 Å². The fraction of sp³-hybridized carbons (Fsp3) is 0.353. The Morgan fingerprint density at radius 3 is 2.76 bits per heavy atom. The van der Waals surface area contributed by atoms with Crippen LogP contribution in [-0.2, 0) is 6.42 Å².